The van der Waals surface area contributed by atoms with Crippen molar-refractivity contribution in [3.63, 3.8) is 0 Å². The minimum Gasteiger partial charge on any atom is -0.436 e. The molecule has 0 radical (unpaired) electrons. The maximum atomic E-state index is 13.3. The standard InChI is InChI=1S/C29H29FN4O2/c1-3-33-14-16-34(17-15-33)26-13-12-23(18-20(26)2)32-28(35)24-6-4-5-7-25(24)29-31-19-27(36-29)21-8-10-22(30)11-9-21/h4-13,18-19H,3,14-17H2,1-2H3,(H,32,35). The van der Waals surface area contributed by atoms with E-state index in [9.17, 15) is 9.18 Å². The van der Waals surface area contributed by atoms with Gasteiger partial charge in [-0.3, -0.25) is 4.79 Å². The average Bonchev–Trinajstić information content (AvgIpc) is 3.39. The van der Waals surface area contributed by atoms with Crippen LogP contribution in [0, 0.1) is 12.7 Å². The van der Waals surface area contributed by atoms with E-state index >= 15 is 0 Å². The quantitative estimate of drug-likeness (QED) is 0.372. The number of piperazine rings is 1. The van der Waals surface area contributed by atoms with Gasteiger partial charge in [0.2, 0.25) is 5.89 Å². The number of aromatic nitrogens is 1. The number of benzene rings is 3. The topological polar surface area (TPSA) is 61.6 Å². The van der Waals surface area contributed by atoms with Crippen LogP contribution in [0.25, 0.3) is 22.8 Å². The summed E-state index contributed by atoms with van der Waals surface area (Å²) in [7, 11) is 0. The van der Waals surface area contributed by atoms with Gasteiger partial charge in [-0.2, -0.15) is 0 Å². The molecule has 1 aliphatic rings. The van der Waals surface area contributed by atoms with Crippen LogP contribution in [0.5, 0.6) is 0 Å². The van der Waals surface area contributed by atoms with Crippen LogP contribution < -0.4 is 10.2 Å². The Hall–Kier alpha value is -3.97. The lowest BCUT2D eigenvalue weighted by Crippen LogP contribution is -2.46. The summed E-state index contributed by atoms with van der Waals surface area (Å²) in [6, 6.07) is 19.3. The molecule has 3 aromatic carbocycles. The molecule has 1 aromatic heterocycles. The highest BCUT2D eigenvalue weighted by Crippen LogP contribution is 2.30. The molecular weight excluding hydrogens is 455 g/mol. The molecule has 1 fully saturated rings. The number of likely N-dealkylation sites (N-methyl/N-ethyl adjacent to an activating group) is 1. The Balaban J connectivity index is 1.33. The van der Waals surface area contributed by atoms with Crippen molar-refractivity contribution < 1.29 is 13.6 Å². The van der Waals surface area contributed by atoms with Crippen molar-refractivity contribution in [3.05, 3.63) is 89.9 Å². The number of oxazole rings is 1. The van der Waals surface area contributed by atoms with Gasteiger partial charge in [-0.05, 0) is 73.6 Å². The van der Waals surface area contributed by atoms with E-state index < -0.39 is 0 Å². The summed E-state index contributed by atoms with van der Waals surface area (Å²) in [5.41, 5.74) is 4.83. The Bertz CT molecular complexity index is 1360. The maximum Gasteiger partial charge on any atom is 0.256 e. The van der Waals surface area contributed by atoms with Crippen LogP contribution in [-0.2, 0) is 0 Å². The van der Waals surface area contributed by atoms with E-state index in [1.165, 1.54) is 17.8 Å². The minimum absolute atomic E-state index is 0.240. The zero-order valence-electron chi connectivity index (χ0n) is 20.5. The van der Waals surface area contributed by atoms with Gasteiger partial charge in [0.15, 0.2) is 5.76 Å². The lowest BCUT2D eigenvalue weighted by molar-refractivity contribution is 0.102. The number of rotatable bonds is 6. The zero-order valence-corrected chi connectivity index (χ0v) is 20.5. The fourth-order valence-corrected chi connectivity index (χ4v) is 4.61. The summed E-state index contributed by atoms with van der Waals surface area (Å²) < 4.78 is 19.2. The van der Waals surface area contributed by atoms with Crippen molar-refractivity contribution in [2.45, 2.75) is 13.8 Å². The fraction of sp³-hybridized carbons (Fsp3) is 0.241. The molecule has 0 bridgehead atoms. The summed E-state index contributed by atoms with van der Waals surface area (Å²) in [4.78, 5) is 22.5. The number of amides is 1. The Labute approximate surface area is 210 Å². The summed E-state index contributed by atoms with van der Waals surface area (Å²) in [5.74, 6) is 0.280. The first-order valence-electron chi connectivity index (χ1n) is 12.2. The van der Waals surface area contributed by atoms with Crippen molar-refractivity contribution in [3.8, 4) is 22.8 Å². The van der Waals surface area contributed by atoms with Crippen molar-refractivity contribution in [1.82, 2.24) is 9.88 Å². The molecule has 1 aliphatic heterocycles. The normalized spacial score (nSPS) is 14.1. The van der Waals surface area contributed by atoms with E-state index in [0.29, 0.717) is 28.3 Å². The molecule has 2 heterocycles. The van der Waals surface area contributed by atoms with E-state index in [1.54, 1.807) is 30.5 Å². The van der Waals surface area contributed by atoms with Crippen molar-refractivity contribution in [2.75, 3.05) is 42.9 Å². The monoisotopic (exact) mass is 484 g/mol. The number of halogens is 1. The molecule has 4 aromatic rings. The van der Waals surface area contributed by atoms with E-state index in [4.69, 9.17) is 4.42 Å². The smallest absolute Gasteiger partial charge is 0.256 e. The van der Waals surface area contributed by atoms with Crippen LogP contribution in [0.1, 0.15) is 22.8 Å². The Morgan fingerprint density at radius 1 is 1.03 bits per heavy atom. The van der Waals surface area contributed by atoms with Crippen LogP contribution >= 0.6 is 0 Å². The van der Waals surface area contributed by atoms with Crippen molar-refractivity contribution in [2.24, 2.45) is 0 Å². The molecule has 36 heavy (non-hydrogen) atoms. The molecular formula is C29H29FN4O2. The first-order valence-corrected chi connectivity index (χ1v) is 12.2. The molecule has 184 valence electrons. The zero-order chi connectivity index (χ0) is 25.1. The van der Waals surface area contributed by atoms with E-state index in [1.807, 2.05) is 24.3 Å². The second kappa shape index (κ2) is 10.3. The number of hydrogen-bond donors (Lipinski definition) is 1. The number of carbonyl (C=O) groups is 1. The van der Waals surface area contributed by atoms with Crippen LogP contribution in [0.2, 0.25) is 0 Å². The molecule has 1 amide bonds. The van der Waals surface area contributed by atoms with Gasteiger partial charge in [0.1, 0.15) is 5.82 Å². The van der Waals surface area contributed by atoms with Gasteiger partial charge in [0, 0.05) is 48.7 Å². The summed E-state index contributed by atoms with van der Waals surface area (Å²) in [6.45, 7) is 9.50. The van der Waals surface area contributed by atoms with Gasteiger partial charge in [0.05, 0.1) is 11.8 Å². The fourth-order valence-electron chi connectivity index (χ4n) is 4.61. The first-order chi connectivity index (χ1) is 17.5. The maximum absolute atomic E-state index is 13.3. The number of anilines is 2. The summed E-state index contributed by atoms with van der Waals surface area (Å²) in [6.07, 6.45) is 1.58. The molecule has 0 unspecified atom stereocenters. The van der Waals surface area contributed by atoms with Gasteiger partial charge in [-0.25, -0.2) is 9.37 Å². The Kier molecular flexibility index (Phi) is 6.82. The number of carbonyl (C=O) groups excluding carboxylic acids is 1. The van der Waals surface area contributed by atoms with Crippen LogP contribution in [-0.4, -0.2) is 48.5 Å². The van der Waals surface area contributed by atoms with E-state index in [2.05, 4.69) is 40.0 Å². The van der Waals surface area contributed by atoms with Crippen molar-refractivity contribution in [1.29, 1.82) is 0 Å². The predicted molar refractivity (Wildman–Crippen MR) is 141 cm³/mol. The largest absolute Gasteiger partial charge is 0.436 e. The molecule has 7 heteroatoms. The second-order valence-corrected chi connectivity index (χ2v) is 8.96. The molecule has 0 saturated carbocycles. The summed E-state index contributed by atoms with van der Waals surface area (Å²) >= 11 is 0. The molecule has 1 saturated heterocycles. The van der Waals surface area contributed by atoms with Gasteiger partial charge < -0.3 is 19.5 Å². The minimum atomic E-state index is -0.317. The molecule has 6 nitrogen and oxygen atoms in total. The van der Waals surface area contributed by atoms with E-state index in [0.717, 1.165) is 44.0 Å². The number of hydrogen-bond acceptors (Lipinski definition) is 5. The van der Waals surface area contributed by atoms with Gasteiger partial charge in [-0.15, -0.1) is 0 Å². The van der Waals surface area contributed by atoms with Crippen molar-refractivity contribution >= 4 is 17.3 Å². The Morgan fingerprint density at radius 2 is 1.78 bits per heavy atom. The van der Waals surface area contributed by atoms with Crippen LogP contribution in [0.3, 0.4) is 0 Å². The third-order valence-corrected chi connectivity index (χ3v) is 6.65. The number of aryl methyl sites for hydroxylation is 1. The molecule has 0 atom stereocenters. The summed E-state index contributed by atoms with van der Waals surface area (Å²) in [5, 5.41) is 3.02. The lowest BCUT2D eigenvalue weighted by Gasteiger charge is -2.36. The predicted octanol–water partition coefficient (Wildman–Crippen LogP) is 5.85. The number of nitrogens with one attached hydrogen (secondary N) is 1. The highest BCUT2D eigenvalue weighted by Gasteiger charge is 2.19. The molecule has 0 spiro atoms. The average molecular weight is 485 g/mol. The molecule has 1 N–H and O–H groups in total. The Morgan fingerprint density at radius 3 is 2.50 bits per heavy atom. The van der Waals surface area contributed by atoms with Gasteiger partial charge in [-0.1, -0.05) is 19.1 Å². The SMILES string of the molecule is CCN1CCN(c2ccc(NC(=O)c3ccccc3-c3ncc(-c4ccc(F)cc4)o3)cc2C)CC1. The molecule has 0 aliphatic carbocycles. The highest BCUT2D eigenvalue weighted by molar-refractivity contribution is 6.08. The number of nitrogens with zero attached hydrogens (tertiary/aromatic N) is 3. The second-order valence-electron chi connectivity index (χ2n) is 8.96. The van der Waals surface area contributed by atoms with E-state index in [-0.39, 0.29) is 11.7 Å². The molecule has 5 rings (SSSR count). The third-order valence-electron chi connectivity index (χ3n) is 6.65. The highest BCUT2D eigenvalue weighted by atomic mass is 19.1. The first kappa shape index (κ1) is 23.8. The van der Waals surface area contributed by atoms with Crippen LogP contribution in [0.15, 0.2) is 77.3 Å². The van der Waals surface area contributed by atoms with Crippen LogP contribution in [0.4, 0.5) is 15.8 Å². The van der Waals surface area contributed by atoms with Gasteiger partial charge in [0.25, 0.3) is 5.91 Å². The third kappa shape index (κ3) is 5.02. The van der Waals surface area contributed by atoms with Gasteiger partial charge >= 0.3 is 0 Å². The lowest BCUT2D eigenvalue weighted by atomic mass is 10.1.